The summed E-state index contributed by atoms with van der Waals surface area (Å²) in [5, 5.41) is 0.984. The molecular weight excluding hydrogens is 342 g/mol. The standard InChI is InChI=1S/C18H26BrNO2/c1-2-22-18(21)16-10-7-13-20(17(16)11-6-12-19)14-15-8-4-3-5-9-15/h3-5,8-9,16-17H,2,6-7,10-14H2,1H3. The van der Waals surface area contributed by atoms with Crippen molar-refractivity contribution in [2.75, 3.05) is 18.5 Å². The van der Waals surface area contributed by atoms with E-state index in [9.17, 15) is 4.79 Å². The molecule has 0 saturated carbocycles. The van der Waals surface area contributed by atoms with E-state index in [1.165, 1.54) is 5.56 Å². The zero-order valence-electron chi connectivity index (χ0n) is 13.3. The highest BCUT2D eigenvalue weighted by Crippen LogP contribution is 2.29. The van der Waals surface area contributed by atoms with Crippen LogP contribution in [0.1, 0.15) is 38.2 Å². The number of piperidine rings is 1. The van der Waals surface area contributed by atoms with Crippen molar-refractivity contribution in [3.8, 4) is 0 Å². The Hall–Kier alpha value is -0.870. The van der Waals surface area contributed by atoms with Gasteiger partial charge in [0.15, 0.2) is 0 Å². The summed E-state index contributed by atoms with van der Waals surface area (Å²) in [6.07, 6.45) is 4.16. The number of esters is 1. The Morgan fingerprint density at radius 2 is 2.14 bits per heavy atom. The molecule has 1 aliphatic heterocycles. The van der Waals surface area contributed by atoms with Crippen LogP contribution in [-0.4, -0.2) is 35.4 Å². The van der Waals surface area contributed by atoms with E-state index in [1.807, 2.05) is 13.0 Å². The Balaban J connectivity index is 2.09. The number of hydrogen-bond acceptors (Lipinski definition) is 3. The van der Waals surface area contributed by atoms with Gasteiger partial charge in [0.1, 0.15) is 0 Å². The van der Waals surface area contributed by atoms with Crippen molar-refractivity contribution >= 4 is 21.9 Å². The predicted molar refractivity (Wildman–Crippen MR) is 93.0 cm³/mol. The molecule has 0 spiro atoms. The molecule has 1 heterocycles. The number of alkyl halides is 1. The number of carbonyl (C=O) groups is 1. The minimum atomic E-state index is -0.0140. The average Bonchev–Trinajstić information content (AvgIpc) is 2.54. The van der Waals surface area contributed by atoms with Crippen molar-refractivity contribution in [1.82, 2.24) is 4.90 Å². The van der Waals surface area contributed by atoms with Crippen molar-refractivity contribution in [3.63, 3.8) is 0 Å². The van der Waals surface area contributed by atoms with Crippen molar-refractivity contribution < 1.29 is 9.53 Å². The molecule has 1 aliphatic rings. The third-order valence-corrected chi connectivity index (χ3v) is 4.91. The molecule has 0 aliphatic carbocycles. The van der Waals surface area contributed by atoms with Gasteiger partial charge in [0.05, 0.1) is 12.5 Å². The number of rotatable bonds is 7. The molecule has 0 bridgehead atoms. The van der Waals surface area contributed by atoms with Crippen LogP contribution in [0.3, 0.4) is 0 Å². The first kappa shape index (κ1) is 17.5. The maximum atomic E-state index is 12.3. The molecule has 1 saturated heterocycles. The molecule has 2 atom stereocenters. The van der Waals surface area contributed by atoms with E-state index >= 15 is 0 Å². The maximum absolute atomic E-state index is 12.3. The normalized spacial score (nSPS) is 22.5. The lowest BCUT2D eigenvalue weighted by molar-refractivity contribution is -0.152. The van der Waals surface area contributed by atoms with Crippen molar-refractivity contribution in [3.05, 3.63) is 35.9 Å². The van der Waals surface area contributed by atoms with Crippen molar-refractivity contribution in [2.24, 2.45) is 5.92 Å². The lowest BCUT2D eigenvalue weighted by Gasteiger charge is -2.40. The van der Waals surface area contributed by atoms with E-state index in [0.29, 0.717) is 12.6 Å². The van der Waals surface area contributed by atoms with Crippen LogP contribution in [0, 0.1) is 5.92 Å². The van der Waals surface area contributed by atoms with Gasteiger partial charge in [-0.3, -0.25) is 9.69 Å². The summed E-state index contributed by atoms with van der Waals surface area (Å²) in [7, 11) is 0. The molecule has 4 heteroatoms. The summed E-state index contributed by atoms with van der Waals surface area (Å²) >= 11 is 3.52. The molecule has 0 N–H and O–H groups in total. The molecule has 2 unspecified atom stereocenters. The second kappa shape index (κ2) is 9.31. The highest BCUT2D eigenvalue weighted by molar-refractivity contribution is 9.09. The van der Waals surface area contributed by atoms with Crippen LogP contribution in [0.4, 0.5) is 0 Å². The highest BCUT2D eigenvalue weighted by atomic mass is 79.9. The quantitative estimate of drug-likeness (QED) is 0.538. The lowest BCUT2D eigenvalue weighted by atomic mass is 9.86. The topological polar surface area (TPSA) is 29.5 Å². The van der Waals surface area contributed by atoms with Gasteiger partial charge in [-0.2, -0.15) is 0 Å². The Morgan fingerprint density at radius 1 is 1.36 bits per heavy atom. The van der Waals surface area contributed by atoms with Gasteiger partial charge in [-0.05, 0) is 44.7 Å². The average molecular weight is 368 g/mol. The molecule has 0 amide bonds. The van der Waals surface area contributed by atoms with Gasteiger partial charge in [0.25, 0.3) is 0 Å². The van der Waals surface area contributed by atoms with Crippen molar-refractivity contribution in [2.45, 2.75) is 45.2 Å². The maximum Gasteiger partial charge on any atom is 0.310 e. The van der Waals surface area contributed by atoms with Gasteiger partial charge in [-0.15, -0.1) is 0 Å². The van der Waals surface area contributed by atoms with Crippen LogP contribution in [-0.2, 0) is 16.1 Å². The first-order chi connectivity index (χ1) is 10.8. The molecule has 1 fully saturated rings. The van der Waals surface area contributed by atoms with Crippen LogP contribution in [0.15, 0.2) is 30.3 Å². The molecule has 3 nitrogen and oxygen atoms in total. The first-order valence-corrected chi connectivity index (χ1v) is 9.39. The lowest BCUT2D eigenvalue weighted by Crippen LogP contribution is -2.48. The van der Waals surface area contributed by atoms with E-state index in [4.69, 9.17) is 4.74 Å². The minimum Gasteiger partial charge on any atom is -0.466 e. The summed E-state index contributed by atoms with van der Waals surface area (Å²) in [4.78, 5) is 14.8. The van der Waals surface area contributed by atoms with Gasteiger partial charge in [-0.1, -0.05) is 46.3 Å². The smallest absolute Gasteiger partial charge is 0.310 e. The molecule has 2 rings (SSSR count). The van der Waals surface area contributed by atoms with Gasteiger partial charge in [0.2, 0.25) is 0 Å². The van der Waals surface area contributed by atoms with Crippen LogP contribution in [0.5, 0.6) is 0 Å². The van der Waals surface area contributed by atoms with E-state index in [0.717, 1.165) is 44.1 Å². The van der Waals surface area contributed by atoms with Gasteiger partial charge in [0, 0.05) is 17.9 Å². The number of likely N-dealkylation sites (tertiary alicyclic amines) is 1. The van der Waals surface area contributed by atoms with Crippen LogP contribution < -0.4 is 0 Å². The molecule has 1 aromatic rings. The number of nitrogens with zero attached hydrogens (tertiary/aromatic N) is 1. The molecule has 0 aromatic heterocycles. The fraction of sp³-hybridized carbons (Fsp3) is 0.611. The van der Waals surface area contributed by atoms with Crippen LogP contribution >= 0.6 is 15.9 Å². The van der Waals surface area contributed by atoms with Gasteiger partial charge < -0.3 is 4.74 Å². The monoisotopic (exact) mass is 367 g/mol. The van der Waals surface area contributed by atoms with Crippen LogP contribution in [0.2, 0.25) is 0 Å². The molecule has 122 valence electrons. The first-order valence-electron chi connectivity index (χ1n) is 8.26. The number of halogens is 1. The van der Waals surface area contributed by atoms with Crippen LogP contribution in [0.25, 0.3) is 0 Å². The zero-order valence-corrected chi connectivity index (χ0v) is 14.9. The largest absolute Gasteiger partial charge is 0.466 e. The van der Waals surface area contributed by atoms with E-state index < -0.39 is 0 Å². The van der Waals surface area contributed by atoms with E-state index in [1.54, 1.807) is 0 Å². The fourth-order valence-electron chi connectivity index (χ4n) is 3.34. The second-order valence-corrected chi connectivity index (χ2v) is 6.65. The summed E-state index contributed by atoms with van der Waals surface area (Å²) in [6, 6.07) is 10.8. The number of hydrogen-bond donors (Lipinski definition) is 0. The van der Waals surface area contributed by atoms with Gasteiger partial charge in [-0.25, -0.2) is 0 Å². The predicted octanol–water partition coefficient (Wildman–Crippen LogP) is 4.01. The van der Waals surface area contributed by atoms with E-state index in [2.05, 4.69) is 45.1 Å². The summed E-state index contributed by atoms with van der Waals surface area (Å²) in [5.41, 5.74) is 1.32. The molecule has 0 radical (unpaired) electrons. The summed E-state index contributed by atoms with van der Waals surface area (Å²) < 4.78 is 5.31. The van der Waals surface area contributed by atoms with E-state index in [-0.39, 0.29) is 11.9 Å². The number of ether oxygens (including phenoxy) is 1. The summed E-state index contributed by atoms with van der Waals surface area (Å²) in [5.74, 6) is 0.0105. The third-order valence-electron chi connectivity index (χ3n) is 4.35. The molecule has 22 heavy (non-hydrogen) atoms. The minimum absolute atomic E-state index is 0.0140. The Labute approximate surface area is 142 Å². The summed E-state index contributed by atoms with van der Waals surface area (Å²) in [6.45, 7) is 4.34. The van der Waals surface area contributed by atoms with Gasteiger partial charge >= 0.3 is 5.97 Å². The zero-order chi connectivity index (χ0) is 15.8. The SMILES string of the molecule is CCOC(=O)C1CCCN(Cc2ccccc2)C1CCCBr. The van der Waals surface area contributed by atoms with Crippen molar-refractivity contribution in [1.29, 1.82) is 0 Å². The Kier molecular flexibility index (Phi) is 7.40. The number of carbonyl (C=O) groups excluding carboxylic acids is 1. The Bertz CT molecular complexity index is 452. The molecule has 1 aromatic carbocycles. The third kappa shape index (κ3) is 4.82. The fourth-order valence-corrected chi connectivity index (χ4v) is 3.66. The highest BCUT2D eigenvalue weighted by Gasteiger charge is 2.36. The number of benzene rings is 1. The second-order valence-electron chi connectivity index (χ2n) is 5.86. The Morgan fingerprint density at radius 3 is 2.82 bits per heavy atom. The molecular formula is C18H26BrNO2.